The minimum Gasteiger partial charge on any atom is -0.357 e. The van der Waals surface area contributed by atoms with E-state index in [1.807, 2.05) is 11.7 Å². The Labute approximate surface area is 111 Å². The molecule has 0 aromatic carbocycles. The summed E-state index contributed by atoms with van der Waals surface area (Å²) in [6.45, 7) is 12.9. The standard InChI is InChI=1S/C14H28N4/c1-8-15-9-13-11(4)16-18(7)14(13)17(6)12(5)10(2)3/h10,12,15H,8-9H2,1-7H3. The van der Waals surface area contributed by atoms with Crippen LogP contribution in [0.2, 0.25) is 0 Å². The van der Waals surface area contributed by atoms with Crippen LogP contribution in [0.15, 0.2) is 0 Å². The number of hydrogen-bond donors (Lipinski definition) is 1. The van der Waals surface area contributed by atoms with Gasteiger partial charge in [0.05, 0.1) is 5.69 Å². The molecule has 0 radical (unpaired) electrons. The summed E-state index contributed by atoms with van der Waals surface area (Å²) < 4.78 is 2.00. The third kappa shape index (κ3) is 3.05. The SMILES string of the molecule is CCNCc1c(C)nn(C)c1N(C)C(C)C(C)C. The largest absolute Gasteiger partial charge is 0.357 e. The monoisotopic (exact) mass is 252 g/mol. The fraction of sp³-hybridized carbons (Fsp3) is 0.786. The van der Waals surface area contributed by atoms with Crippen LogP contribution < -0.4 is 10.2 Å². The molecule has 4 heteroatoms. The van der Waals surface area contributed by atoms with Gasteiger partial charge in [-0.25, -0.2) is 0 Å². The van der Waals surface area contributed by atoms with Crippen molar-refractivity contribution in [1.29, 1.82) is 0 Å². The highest BCUT2D eigenvalue weighted by atomic mass is 15.4. The molecule has 0 saturated heterocycles. The Hall–Kier alpha value is -1.03. The van der Waals surface area contributed by atoms with Gasteiger partial charge < -0.3 is 10.2 Å². The quantitative estimate of drug-likeness (QED) is 0.843. The molecule has 1 rings (SSSR count). The molecule has 1 aromatic heterocycles. The molecule has 0 aliphatic carbocycles. The predicted octanol–water partition coefficient (Wildman–Crippen LogP) is 2.32. The van der Waals surface area contributed by atoms with Crippen molar-refractivity contribution in [1.82, 2.24) is 15.1 Å². The van der Waals surface area contributed by atoms with Crippen LogP contribution in [0.3, 0.4) is 0 Å². The summed E-state index contributed by atoms with van der Waals surface area (Å²) >= 11 is 0. The molecule has 1 aromatic rings. The first-order valence-corrected chi connectivity index (χ1v) is 6.86. The van der Waals surface area contributed by atoms with Crippen LogP contribution in [0.25, 0.3) is 0 Å². The van der Waals surface area contributed by atoms with Crippen LogP contribution in [-0.2, 0) is 13.6 Å². The van der Waals surface area contributed by atoms with Crippen LogP contribution in [0.1, 0.15) is 39.0 Å². The molecule has 1 N–H and O–H groups in total. The van der Waals surface area contributed by atoms with Gasteiger partial charge in [-0.1, -0.05) is 20.8 Å². The van der Waals surface area contributed by atoms with Crippen LogP contribution >= 0.6 is 0 Å². The second-order valence-electron chi connectivity index (χ2n) is 5.39. The summed E-state index contributed by atoms with van der Waals surface area (Å²) in [6, 6.07) is 0.500. The molecule has 0 aliphatic rings. The van der Waals surface area contributed by atoms with Crippen molar-refractivity contribution in [3.8, 4) is 0 Å². The van der Waals surface area contributed by atoms with Gasteiger partial charge in [0.25, 0.3) is 0 Å². The molecule has 0 aliphatic heterocycles. The zero-order valence-electron chi connectivity index (χ0n) is 12.9. The maximum atomic E-state index is 4.56. The highest BCUT2D eigenvalue weighted by molar-refractivity contribution is 5.50. The van der Waals surface area contributed by atoms with Crippen LogP contribution in [0.5, 0.6) is 0 Å². The number of aryl methyl sites for hydroxylation is 2. The third-order valence-corrected chi connectivity index (χ3v) is 3.77. The van der Waals surface area contributed by atoms with Gasteiger partial charge in [-0.3, -0.25) is 4.68 Å². The normalized spacial score (nSPS) is 13.1. The molecule has 0 spiro atoms. The highest BCUT2D eigenvalue weighted by Gasteiger charge is 2.21. The number of hydrogen-bond acceptors (Lipinski definition) is 3. The Morgan fingerprint density at radius 2 is 1.94 bits per heavy atom. The van der Waals surface area contributed by atoms with E-state index in [0.717, 1.165) is 18.8 Å². The Morgan fingerprint density at radius 3 is 2.44 bits per heavy atom. The molecule has 0 bridgehead atoms. The maximum absolute atomic E-state index is 4.56. The second-order valence-corrected chi connectivity index (χ2v) is 5.39. The minimum atomic E-state index is 0.500. The molecule has 0 amide bonds. The molecule has 0 fully saturated rings. The van der Waals surface area contributed by atoms with Gasteiger partial charge in [-0.15, -0.1) is 0 Å². The van der Waals surface area contributed by atoms with E-state index in [2.05, 4.69) is 57.0 Å². The highest BCUT2D eigenvalue weighted by Crippen LogP contribution is 2.25. The molecule has 0 saturated carbocycles. The van der Waals surface area contributed by atoms with Crippen LogP contribution in [-0.4, -0.2) is 29.4 Å². The maximum Gasteiger partial charge on any atom is 0.131 e. The van der Waals surface area contributed by atoms with Crippen molar-refractivity contribution in [3.63, 3.8) is 0 Å². The lowest BCUT2D eigenvalue weighted by Crippen LogP contribution is -2.35. The smallest absolute Gasteiger partial charge is 0.131 e. The lowest BCUT2D eigenvalue weighted by atomic mass is 10.0. The summed E-state index contributed by atoms with van der Waals surface area (Å²) in [5.74, 6) is 1.85. The van der Waals surface area contributed by atoms with Gasteiger partial charge in [0.1, 0.15) is 5.82 Å². The van der Waals surface area contributed by atoms with E-state index in [1.165, 1.54) is 11.4 Å². The van der Waals surface area contributed by atoms with E-state index in [1.54, 1.807) is 0 Å². The summed E-state index contributed by atoms with van der Waals surface area (Å²) in [7, 11) is 4.19. The van der Waals surface area contributed by atoms with Crippen LogP contribution in [0.4, 0.5) is 5.82 Å². The van der Waals surface area contributed by atoms with Crippen molar-refractivity contribution in [2.24, 2.45) is 13.0 Å². The van der Waals surface area contributed by atoms with Crippen LogP contribution in [0, 0.1) is 12.8 Å². The Balaban J connectivity index is 3.06. The number of anilines is 1. The lowest BCUT2D eigenvalue weighted by molar-refractivity contribution is 0.495. The van der Waals surface area contributed by atoms with E-state index >= 15 is 0 Å². The molecule has 1 unspecified atom stereocenters. The zero-order chi connectivity index (χ0) is 13.9. The Bertz CT molecular complexity index is 381. The van der Waals surface area contributed by atoms with Crippen molar-refractivity contribution in [2.75, 3.05) is 18.5 Å². The van der Waals surface area contributed by atoms with Gasteiger partial charge in [-0.05, 0) is 26.3 Å². The average molecular weight is 252 g/mol. The second kappa shape index (κ2) is 6.23. The van der Waals surface area contributed by atoms with E-state index < -0.39 is 0 Å². The molecule has 1 atom stereocenters. The summed E-state index contributed by atoms with van der Waals surface area (Å²) in [5.41, 5.74) is 2.44. The van der Waals surface area contributed by atoms with E-state index in [4.69, 9.17) is 0 Å². The first-order chi connectivity index (χ1) is 8.40. The number of nitrogens with zero attached hydrogens (tertiary/aromatic N) is 3. The topological polar surface area (TPSA) is 33.1 Å². The van der Waals surface area contributed by atoms with E-state index in [-0.39, 0.29) is 0 Å². The van der Waals surface area contributed by atoms with Crippen molar-refractivity contribution >= 4 is 5.82 Å². The number of aromatic nitrogens is 2. The molecule has 18 heavy (non-hydrogen) atoms. The predicted molar refractivity (Wildman–Crippen MR) is 78.0 cm³/mol. The molecule has 104 valence electrons. The molecular weight excluding hydrogens is 224 g/mol. The van der Waals surface area contributed by atoms with Gasteiger partial charge >= 0.3 is 0 Å². The minimum absolute atomic E-state index is 0.500. The van der Waals surface area contributed by atoms with Gasteiger partial charge in [-0.2, -0.15) is 5.10 Å². The van der Waals surface area contributed by atoms with Gasteiger partial charge in [0.2, 0.25) is 0 Å². The van der Waals surface area contributed by atoms with E-state index in [0.29, 0.717) is 12.0 Å². The Kier molecular flexibility index (Phi) is 5.20. The summed E-state index contributed by atoms with van der Waals surface area (Å²) in [5, 5.41) is 7.96. The van der Waals surface area contributed by atoms with Gasteiger partial charge in [0.15, 0.2) is 0 Å². The first kappa shape index (κ1) is 15.0. The number of rotatable bonds is 6. The number of nitrogens with one attached hydrogen (secondary N) is 1. The third-order valence-electron chi connectivity index (χ3n) is 3.77. The lowest BCUT2D eigenvalue weighted by Gasteiger charge is -2.30. The first-order valence-electron chi connectivity index (χ1n) is 6.86. The zero-order valence-corrected chi connectivity index (χ0v) is 12.9. The van der Waals surface area contributed by atoms with Crippen molar-refractivity contribution in [2.45, 2.75) is 47.2 Å². The van der Waals surface area contributed by atoms with Crippen molar-refractivity contribution in [3.05, 3.63) is 11.3 Å². The average Bonchev–Trinajstić information content (AvgIpc) is 2.59. The Morgan fingerprint density at radius 1 is 1.33 bits per heavy atom. The van der Waals surface area contributed by atoms with Gasteiger partial charge in [0, 0.05) is 32.2 Å². The summed E-state index contributed by atoms with van der Waals surface area (Å²) in [6.07, 6.45) is 0. The molecule has 4 nitrogen and oxygen atoms in total. The molecular formula is C14H28N4. The summed E-state index contributed by atoms with van der Waals surface area (Å²) in [4.78, 5) is 2.34. The fourth-order valence-electron chi connectivity index (χ4n) is 2.23. The molecule has 1 heterocycles. The fourth-order valence-corrected chi connectivity index (χ4v) is 2.23. The van der Waals surface area contributed by atoms with E-state index in [9.17, 15) is 0 Å². The van der Waals surface area contributed by atoms with Crippen molar-refractivity contribution < 1.29 is 0 Å².